The van der Waals surface area contributed by atoms with Gasteiger partial charge in [0.15, 0.2) is 0 Å². The number of hydrogen-bond donors (Lipinski definition) is 1. The third kappa shape index (κ3) is 2.73. The fourth-order valence-electron chi connectivity index (χ4n) is 1.82. The Hall–Kier alpha value is -0.780. The van der Waals surface area contributed by atoms with Crippen LogP contribution in [0.1, 0.15) is 40.2 Å². The van der Waals surface area contributed by atoms with Crippen molar-refractivity contribution >= 4 is 22.9 Å². The first-order valence-electron chi connectivity index (χ1n) is 5.87. The van der Waals surface area contributed by atoms with E-state index in [2.05, 4.69) is 47.8 Å². The quantitative estimate of drug-likeness (QED) is 0.904. The Kier molecular flexibility index (Phi) is 4.25. The first-order chi connectivity index (χ1) is 8.26. The molecule has 3 nitrogen and oxygen atoms in total. The SMILES string of the molecule is CCNC(c1ccc(C)s1)c1snnc1CC. The van der Waals surface area contributed by atoms with Gasteiger partial charge in [0.05, 0.1) is 16.6 Å². The van der Waals surface area contributed by atoms with Gasteiger partial charge in [0.25, 0.3) is 0 Å². The van der Waals surface area contributed by atoms with Gasteiger partial charge in [0, 0.05) is 9.75 Å². The zero-order valence-electron chi connectivity index (χ0n) is 10.4. The van der Waals surface area contributed by atoms with Gasteiger partial charge in [0.2, 0.25) is 0 Å². The number of rotatable bonds is 5. The molecule has 1 N–H and O–H groups in total. The van der Waals surface area contributed by atoms with Gasteiger partial charge in [-0.25, -0.2) is 0 Å². The molecule has 0 radical (unpaired) electrons. The summed E-state index contributed by atoms with van der Waals surface area (Å²) >= 11 is 3.35. The minimum atomic E-state index is 0.258. The Morgan fingerprint density at radius 2 is 2.18 bits per heavy atom. The van der Waals surface area contributed by atoms with E-state index in [4.69, 9.17) is 0 Å². The van der Waals surface area contributed by atoms with Crippen LogP contribution in [0.5, 0.6) is 0 Å². The molecule has 1 atom stereocenters. The van der Waals surface area contributed by atoms with Crippen LogP contribution in [0.3, 0.4) is 0 Å². The van der Waals surface area contributed by atoms with Crippen molar-refractivity contribution in [1.29, 1.82) is 0 Å². The largest absolute Gasteiger partial charge is 0.305 e. The molecule has 0 amide bonds. The van der Waals surface area contributed by atoms with Gasteiger partial charge < -0.3 is 5.32 Å². The summed E-state index contributed by atoms with van der Waals surface area (Å²) in [6, 6.07) is 4.63. The molecular weight excluding hydrogens is 250 g/mol. The summed E-state index contributed by atoms with van der Waals surface area (Å²) in [6.07, 6.45) is 0.943. The molecule has 0 saturated carbocycles. The maximum Gasteiger partial charge on any atom is 0.0804 e. The van der Waals surface area contributed by atoms with Gasteiger partial charge in [0.1, 0.15) is 0 Å². The van der Waals surface area contributed by atoms with E-state index in [0.29, 0.717) is 0 Å². The summed E-state index contributed by atoms with van der Waals surface area (Å²) in [4.78, 5) is 3.96. The zero-order valence-corrected chi connectivity index (χ0v) is 12.0. The topological polar surface area (TPSA) is 37.8 Å². The molecule has 2 rings (SSSR count). The lowest BCUT2D eigenvalue weighted by atomic mass is 10.1. The lowest BCUT2D eigenvalue weighted by molar-refractivity contribution is 0.642. The smallest absolute Gasteiger partial charge is 0.0804 e. The van der Waals surface area contributed by atoms with Crippen molar-refractivity contribution in [3.63, 3.8) is 0 Å². The van der Waals surface area contributed by atoms with Crippen LogP contribution in [0.25, 0.3) is 0 Å². The van der Waals surface area contributed by atoms with Gasteiger partial charge in [-0.1, -0.05) is 18.3 Å². The van der Waals surface area contributed by atoms with E-state index in [1.165, 1.54) is 26.2 Å². The second kappa shape index (κ2) is 5.71. The number of nitrogens with zero attached hydrogens (tertiary/aromatic N) is 2. The van der Waals surface area contributed by atoms with Crippen molar-refractivity contribution in [2.24, 2.45) is 0 Å². The van der Waals surface area contributed by atoms with Crippen molar-refractivity contribution in [3.8, 4) is 0 Å². The first-order valence-corrected chi connectivity index (χ1v) is 7.46. The molecule has 0 aliphatic carbocycles. The van der Waals surface area contributed by atoms with Crippen molar-refractivity contribution in [2.45, 2.75) is 33.2 Å². The minimum absolute atomic E-state index is 0.258. The van der Waals surface area contributed by atoms with E-state index in [0.717, 1.165) is 18.7 Å². The molecule has 0 aromatic carbocycles. The number of aromatic nitrogens is 2. The highest BCUT2D eigenvalue weighted by Crippen LogP contribution is 2.31. The molecule has 0 bridgehead atoms. The highest BCUT2D eigenvalue weighted by Gasteiger charge is 2.20. The van der Waals surface area contributed by atoms with E-state index in [-0.39, 0.29) is 6.04 Å². The Bertz CT molecular complexity index is 476. The van der Waals surface area contributed by atoms with E-state index in [9.17, 15) is 0 Å². The molecule has 0 spiro atoms. The van der Waals surface area contributed by atoms with E-state index in [1.54, 1.807) is 0 Å². The second-order valence-corrected chi connectivity index (χ2v) is 5.98. The molecular formula is C12H17N3S2. The average molecular weight is 267 g/mol. The molecule has 2 heterocycles. The van der Waals surface area contributed by atoms with Crippen LogP contribution in [-0.2, 0) is 6.42 Å². The standard InChI is InChI=1S/C12H17N3S2/c1-4-9-12(17-15-14-9)11(13-5-2)10-7-6-8(3)16-10/h6-7,11,13H,4-5H2,1-3H3. The lowest BCUT2D eigenvalue weighted by Gasteiger charge is -2.15. The van der Waals surface area contributed by atoms with Gasteiger partial charge in [-0.2, -0.15) is 0 Å². The van der Waals surface area contributed by atoms with Crippen LogP contribution in [0.2, 0.25) is 0 Å². The minimum Gasteiger partial charge on any atom is -0.305 e. The molecule has 0 aliphatic heterocycles. The normalized spacial score (nSPS) is 12.9. The molecule has 1 unspecified atom stereocenters. The van der Waals surface area contributed by atoms with Gasteiger partial charge in [-0.05, 0) is 43.6 Å². The van der Waals surface area contributed by atoms with Crippen molar-refractivity contribution in [1.82, 2.24) is 14.9 Å². The van der Waals surface area contributed by atoms with Gasteiger partial charge >= 0.3 is 0 Å². The summed E-state index contributed by atoms with van der Waals surface area (Å²) in [5, 5.41) is 7.73. The van der Waals surface area contributed by atoms with Gasteiger partial charge in [-0.3, -0.25) is 0 Å². The third-order valence-electron chi connectivity index (χ3n) is 2.64. The highest BCUT2D eigenvalue weighted by molar-refractivity contribution is 7.12. The molecule has 92 valence electrons. The zero-order chi connectivity index (χ0) is 12.3. The molecule has 5 heteroatoms. The third-order valence-corrected chi connectivity index (χ3v) is 4.53. The van der Waals surface area contributed by atoms with Crippen LogP contribution >= 0.6 is 22.9 Å². The van der Waals surface area contributed by atoms with Crippen LogP contribution in [-0.4, -0.2) is 16.1 Å². The maximum absolute atomic E-state index is 4.20. The molecule has 17 heavy (non-hydrogen) atoms. The van der Waals surface area contributed by atoms with Crippen molar-refractivity contribution in [3.05, 3.63) is 32.5 Å². The molecule has 0 fully saturated rings. The molecule has 0 saturated heterocycles. The summed E-state index contributed by atoms with van der Waals surface area (Å²) in [5.74, 6) is 0. The predicted molar refractivity (Wildman–Crippen MR) is 73.9 cm³/mol. The second-order valence-electron chi connectivity index (χ2n) is 3.88. The lowest BCUT2D eigenvalue weighted by Crippen LogP contribution is -2.21. The van der Waals surface area contributed by atoms with E-state index < -0.39 is 0 Å². The number of thiophene rings is 1. The molecule has 2 aromatic heterocycles. The van der Waals surface area contributed by atoms with E-state index >= 15 is 0 Å². The fraction of sp³-hybridized carbons (Fsp3) is 0.500. The highest BCUT2D eigenvalue weighted by atomic mass is 32.1. The summed E-state index contributed by atoms with van der Waals surface area (Å²) in [5.41, 5.74) is 1.12. The van der Waals surface area contributed by atoms with Crippen molar-refractivity contribution in [2.75, 3.05) is 6.54 Å². The van der Waals surface area contributed by atoms with Crippen LogP contribution in [0.4, 0.5) is 0 Å². The monoisotopic (exact) mass is 267 g/mol. The van der Waals surface area contributed by atoms with E-state index in [1.807, 2.05) is 11.3 Å². The van der Waals surface area contributed by atoms with Crippen molar-refractivity contribution < 1.29 is 0 Å². The number of aryl methyl sites for hydroxylation is 2. The van der Waals surface area contributed by atoms with Crippen LogP contribution in [0, 0.1) is 6.92 Å². The Morgan fingerprint density at radius 1 is 1.35 bits per heavy atom. The summed E-state index contributed by atoms with van der Waals surface area (Å²) < 4.78 is 4.08. The Morgan fingerprint density at radius 3 is 2.76 bits per heavy atom. The average Bonchev–Trinajstić information content (AvgIpc) is 2.94. The van der Waals surface area contributed by atoms with Crippen LogP contribution < -0.4 is 5.32 Å². The Labute approximate surface area is 110 Å². The van der Waals surface area contributed by atoms with Gasteiger partial charge in [-0.15, -0.1) is 16.4 Å². The summed E-state index contributed by atoms with van der Waals surface area (Å²) in [7, 11) is 0. The maximum atomic E-state index is 4.20. The predicted octanol–water partition coefficient (Wildman–Crippen LogP) is 3.17. The number of hydrogen-bond acceptors (Lipinski definition) is 5. The Balaban J connectivity index is 2.35. The molecule has 0 aliphatic rings. The first kappa shape index (κ1) is 12.7. The fourth-order valence-corrected chi connectivity index (χ4v) is 3.69. The number of nitrogens with one attached hydrogen (secondary N) is 1. The summed E-state index contributed by atoms with van der Waals surface area (Å²) in [6.45, 7) is 7.35. The molecule has 2 aromatic rings. The van der Waals surface area contributed by atoms with Crippen LogP contribution in [0.15, 0.2) is 12.1 Å².